The molecule has 2 aromatic heterocycles. The second-order valence-electron chi connectivity index (χ2n) is 12.8. The summed E-state index contributed by atoms with van der Waals surface area (Å²) in [6, 6.07) is 35.8. The van der Waals surface area contributed by atoms with Gasteiger partial charge in [0.1, 0.15) is 51.7 Å². The van der Waals surface area contributed by atoms with Crippen LogP contribution >= 0.6 is 11.6 Å². The van der Waals surface area contributed by atoms with Crippen LogP contribution in [0.5, 0.6) is 5.75 Å². The lowest BCUT2D eigenvalue weighted by Gasteiger charge is -2.12. The molecule has 2 heterocycles. The highest BCUT2D eigenvalue weighted by Crippen LogP contribution is 2.33. The second-order valence-corrected chi connectivity index (χ2v) is 18.3. The van der Waals surface area contributed by atoms with E-state index < -0.39 is 30.1 Å². The predicted octanol–water partition coefficient (Wildman–Crippen LogP) is 7.18. The summed E-state index contributed by atoms with van der Waals surface area (Å²) in [5.74, 6) is 2.17. The fraction of sp³-hybridized carbons (Fsp3) is 0.122. The smallest absolute Gasteiger partial charge is 0.294 e. The average molecular weight is 915 g/mol. The Balaban J connectivity index is 0.000000318. The SMILES string of the molecule is CS(=O)(=O)CCNCc1ccc(-c2ccc3ncnc(Nc4ccc(OCc5cccc(F)c5)c(Cl)c4)c3c2)o1.O.O=S(=O)(O)c1ccccc1.O=S(=O)(O)c1ccccc1. The number of nitrogens with zero attached hydrogens (tertiary/aromatic N) is 2. The van der Waals surface area contributed by atoms with Gasteiger partial charge in [-0.2, -0.15) is 16.8 Å². The van der Waals surface area contributed by atoms with Crippen molar-refractivity contribution in [3.05, 3.63) is 162 Å². The topological polar surface area (TPSA) is 247 Å². The molecule has 0 saturated carbocycles. The van der Waals surface area contributed by atoms with Crippen LogP contribution in [0.3, 0.4) is 0 Å². The molecule has 0 amide bonds. The van der Waals surface area contributed by atoms with E-state index in [0.717, 1.165) is 16.5 Å². The van der Waals surface area contributed by atoms with E-state index in [9.17, 15) is 29.6 Å². The zero-order valence-corrected chi connectivity index (χ0v) is 35.3. The number of aromatic nitrogens is 2. The fourth-order valence-corrected chi connectivity index (χ4v) is 6.96. The van der Waals surface area contributed by atoms with E-state index in [2.05, 4.69) is 20.6 Å². The molecule has 6 N–H and O–H groups in total. The monoisotopic (exact) mass is 914 g/mol. The van der Waals surface area contributed by atoms with E-state index in [-0.39, 0.29) is 33.4 Å². The Labute approximate surface area is 357 Å². The quantitative estimate of drug-likeness (QED) is 0.0661. The lowest BCUT2D eigenvalue weighted by atomic mass is 10.1. The normalized spacial score (nSPS) is 11.3. The van der Waals surface area contributed by atoms with E-state index in [1.807, 2.05) is 36.4 Å². The summed E-state index contributed by atoms with van der Waals surface area (Å²) in [7, 11) is -11.0. The maximum atomic E-state index is 13.4. The Kier molecular flexibility index (Phi) is 17.0. The third kappa shape index (κ3) is 15.3. The first-order valence-corrected chi connectivity index (χ1v) is 23.0. The highest BCUT2D eigenvalue weighted by Gasteiger charge is 2.12. The molecular formula is C41H40ClFN4O11S3. The van der Waals surface area contributed by atoms with Crippen LogP contribution in [-0.2, 0) is 43.2 Å². The highest BCUT2D eigenvalue weighted by molar-refractivity contribution is 7.90. The maximum Gasteiger partial charge on any atom is 0.294 e. The first kappa shape index (κ1) is 47.9. The van der Waals surface area contributed by atoms with Crippen molar-refractivity contribution in [1.29, 1.82) is 0 Å². The first-order chi connectivity index (χ1) is 28.4. The number of furan rings is 1. The van der Waals surface area contributed by atoms with Crippen molar-refractivity contribution < 1.29 is 53.4 Å². The van der Waals surface area contributed by atoms with Gasteiger partial charge in [0.05, 0.1) is 32.6 Å². The van der Waals surface area contributed by atoms with Crippen LogP contribution in [0, 0.1) is 5.82 Å². The van der Waals surface area contributed by atoms with Crippen molar-refractivity contribution in [3.8, 4) is 17.1 Å². The molecule has 5 aromatic carbocycles. The number of hydrogen-bond donors (Lipinski definition) is 4. The molecule has 0 aliphatic rings. The molecule has 0 spiro atoms. The number of rotatable bonds is 13. The van der Waals surface area contributed by atoms with E-state index in [1.54, 1.807) is 60.7 Å². The molecule has 0 unspecified atom stereocenters. The number of halogens is 2. The average Bonchev–Trinajstić information content (AvgIpc) is 3.69. The lowest BCUT2D eigenvalue weighted by Crippen LogP contribution is -2.21. The molecule has 15 nitrogen and oxygen atoms in total. The van der Waals surface area contributed by atoms with Gasteiger partial charge in [0, 0.05) is 29.4 Å². The van der Waals surface area contributed by atoms with E-state index >= 15 is 0 Å². The minimum Gasteiger partial charge on any atom is -0.487 e. The summed E-state index contributed by atoms with van der Waals surface area (Å²) in [5.41, 5.74) is 2.99. The van der Waals surface area contributed by atoms with E-state index in [0.29, 0.717) is 52.5 Å². The number of nitrogens with one attached hydrogen (secondary N) is 2. The Morgan fingerprint density at radius 2 is 1.41 bits per heavy atom. The molecule has 0 saturated heterocycles. The molecule has 0 aliphatic carbocycles. The molecule has 20 heteroatoms. The molecule has 0 aliphatic heterocycles. The van der Waals surface area contributed by atoms with E-state index in [4.69, 9.17) is 29.9 Å². The van der Waals surface area contributed by atoms with Gasteiger partial charge in [0.25, 0.3) is 20.2 Å². The third-order valence-electron chi connectivity index (χ3n) is 8.09. The third-order valence-corrected chi connectivity index (χ3v) is 11.1. The van der Waals surface area contributed by atoms with Crippen LogP contribution in [0.15, 0.2) is 154 Å². The number of sulfone groups is 1. The summed E-state index contributed by atoms with van der Waals surface area (Å²) in [6.07, 6.45) is 2.69. The van der Waals surface area contributed by atoms with Crippen LogP contribution in [0.4, 0.5) is 15.9 Å². The molecule has 61 heavy (non-hydrogen) atoms. The molecule has 7 rings (SSSR count). The van der Waals surface area contributed by atoms with Gasteiger partial charge in [-0.25, -0.2) is 22.8 Å². The summed E-state index contributed by atoms with van der Waals surface area (Å²) >= 11 is 6.47. The summed E-state index contributed by atoms with van der Waals surface area (Å²) in [5, 5.41) is 7.56. The van der Waals surface area contributed by atoms with Gasteiger partial charge in [0.15, 0.2) is 0 Å². The molecular weight excluding hydrogens is 875 g/mol. The zero-order chi connectivity index (χ0) is 43.3. The first-order valence-electron chi connectivity index (χ1n) is 17.7. The van der Waals surface area contributed by atoms with Gasteiger partial charge >= 0.3 is 0 Å². The van der Waals surface area contributed by atoms with Crippen LogP contribution in [0.2, 0.25) is 5.02 Å². The number of anilines is 2. The summed E-state index contributed by atoms with van der Waals surface area (Å²) in [6.45, 7) is 0.956. The predicted molar refractivity (Wildman–Crippen MR) is 230 cm³/mol. The minimum absolute atomic E-state index is 0. The summed E-state index contributed by atoms with van der Waals surface area (Å²) < 4.78 is 106. The van der Waals surface area contributed by atoms with Gasteiger partial charge in [0.2, 0.25) is 0 Å². The van der Waals surface area contributed by atoms with Crippen molar-refractivity contribution >= 4 is 64.1 Å². The number of fused-ring (bicyclic) bond motifs is 1. The van der Waals surface area contributed by atoms with Crippen molar-refractivity contribution in [3.63, 3.8) is 0 Å². The number of benzene rings is 5. The van der Waals surface area contributed by atoms with Gasteiger partial charge in [-0.3, -0.25) is 9.11 Å². The molecule has 322 valence electrons. The van der Waals surface area contributed by atoms with Crippen molar-refractivity contribution in [1.82, 2.24) is 15.3 Å². The Morgan fingerprint density at radius 3 is 1.98 bits per heavy atom. The lowest BCUT2D eigenvalue weighted by molar-refractivity contribution is 0.306. The van der Waals surface area contributed by atoms with Crippen LogP contribution in [0.1, 0.15) is 11.3 Å². The number of hydrogen-bond acceptors (Lipinski definition) is 12. The van der Waals surface area contributed by atoms with Gasteiger partial charge in [-0.15, -0.1) is 0 Å². The standard InChI is InChI=1S/C29H26ClFN4O4S.2C6H6O3S.H2O/c1-40(36,37)12-11-32-16-23-7-10-27(39-23)20-5-8-26-24(14-20)29(34-18-33-26)35-22-6-9-28(25(30)15-22)38-17-19-3-2-4-21(31)13-19;2*7-10(8,9)6-4-2-1-3-5-6;/h2-10,13-15,18,32H,11-12,16-17H2,1H3,(H,33,34,35);2*1-5H,(H,7,8,9);1H2. The highest BCUT2D eigenvalue weighted by atomic mass is 35.5. The molecule has 7 aromatic rings. The largest absolute Gasteiger partial charge is 0.487 e. The number of ether oxygens (including phenoxy) is 1. The molecule has 0 atom stereocenters. The maximum absolute atomic E-state index is 13.4. The summed E-state index contributed by atoms with van der Waals surface area (Å²) in [4.78, 5) is 8.65. The van der Waals surface area contributed by atoms with Gasteiger partial charge in [-0.1, -0.05) is 60.1 Å². The van der Waals surface area contributed by atoms with Gasteiger partial charge in [-0.05, 0) is 90.5 Å². The van der Waals surface area contributed by atoms with Crippen molar-refractivity contribution in [2.45, 2.75) is 22.9 Å². The Hall–Kier alpha value is -5.77. The van der Waals surface area contributed by atoms with E-state index in [1.165, 1.54) is 49.0 Å². The van der Waals surface area contributed by atoms with Crippen LogP contribution in [0.25, 0.3) is 22.2 Å². The molecule has 0 fully saturated rings. The Bertz CT molecular complexity index is 2800. The van der Waals surface area contributed by atoms with Crippen LogP contribution in [-0.4, -0.2) is 68.4 Å². The van der Waals surface area contributed by atoms with Gasteiger partial charge < -0.3 is 25.3 Å². The fourth-order valence-electron chi connectivity index (χ4n) is 5.21. The molecule has 0 bridgehead atoms. The Morgan fingerprint density at radius 1 is 0.754 bits per heavy atom. The molecule has 0 radical (unpaired) electrons. The zero-order valence-electron chi connectivity index (χ0n) is 32.1. The second kappa shape index (κ2) is 21.7. The van der Waals surface area contributed by atoms with Crippen LogP contribution < -0.4 is 15.4 Å². The van der Waals surface area contributed by atoms with Crippen molar-refractivity contribution in [2.75, 3.05) is 23.9 Å². The van der Waals surface area contributed by atoms with Crippen molar-refractivity contribution in [2.24, 2.45) is 0 Å². The minimum atomic E-state index is -4.00.